The van der Waals surface area contributed by atoms with Gasteiger partial charge in [-0.25, -0.2) is 8.78 Å². The van der Waals surface area contributed by atoms with Crippen molar-refractivity contribution >= 4 is 40.4 Å². The summed E-state index contributed by atoms with van der Waals surface area (Å²) in [5.74, 6) is -0.215. The van der Waals surface area contributed by atoms with Crippen LogP contribution in [0.15, 0.2) is 54.7 Å². The molecule has 1 heterocycles. The highest BCUT2D eigenvalue weighted by Crippen LogP contribution is 2.20. The molecule has 0 unspecified atom stereocenters. The standard InChI is InChI=1S/C17H13ClF2N4S/c18-14-2-1-3-15(20)13(14)10-24-9-8-16(23-24)22-17(25)21-12-6-4-11(19)5-7-12/h1-9H,10H2,(H2,21,22,23,25). The number of nitrogens with one attached hydrogen (secondary N) is 2. The lowest BCUT2D eigenvalue weighted by atomic mass is 10.2. The van der Waals surface area contributed by atoms with Crippen molar-refractivity contribution in [1.82, 2.24) is 9.78 Å². The molecule has 25 heavy (non-hydrogen) atoms. The molecule has 0 aliphatic carbocycles. The average Bonchev–Trinajstić information content (AvgIpc) is 3.00. The number of thiocarbonyl (C=S) groups is 1. The Kier molecular flexibility index (Phi) is 5.25. The fraction of sp³-hybridized carbons (Fsp3) is 0.0588. The lowest BCUT2D eigenvalue weighted by Gasteiger charge is -2.09. The Bertz CT molecular complexity index is 876. The molecule has 0 atom stereocenters. The summed E-state index contributed by atoms with van der Waals surface area (Å²) >= 11 is 11.2. The minimum Gasteiger partial charge on any atom is -0.332 e. The van der Waals surface area contributed by atoms with Gasteiger partial charge in [0, 0.05) is 28.5 Å². The smallest absolute Gasteiger partial charge is 0.176 e. The van der Waals surface area contributed by atoms with E-state index in [1.54, 1.807) is 41.2 Å². The molecule has 0 fully saturated rings. The van der Waals surface area contributed by atoms with E-state index in [0.717, 1.165) is 0 Å². The zero-order valence-corrected chi connectivity index (χ0v) is 14.4. The molecule has 0 amide bonds. The highest BCUT2D eigenvalue weighted by atomic mass is 35.5. The maximum atomic E-state index is 13.8. The van der Waals surface area contributed by atoms with Crippen LogP contribution in [0.4, 0.5) is 20.3 Å². The van der Waals surface area contributed by atoms with Gasteiger partial charge in [-0.15, -0.1) is 0 Å². The van der Waals surface area contributed by atoms with Crippen LogP contribution in [0.5, 0.6) is 0 Å². The van der Waals surface area contributed by atoms with E-state index in [9.17, 15) is 8.78 Å². The van der Waals surface area contributed by atoms with Crippen LogP contribution in [0.2, 0.25) is 5.02 Å². The first-order valence-corrected chi connectivity index (χ1v) is 8.10. The maximum absolute atomic E-state index is 13.8. The molecule has 2 N–H and O–H groups in total. The number of benzene rings is 2. The number of anilines is 2. The SMILES string of the molecule is Fc1ccc(NC(=S)Nc2ccn(Cc3c(F)cccc3Cl)n2)cc1. The van der Waals surface area contributed by atoms with Gasteiger partial charge in [-0.05, 0) is 48.6 Å². The average molecular weight is 379 g/mol. The van der Waals surface area contributed by atoms with Crippen molar-refractivity contribution in [2.24, 2.45) is 0 Å². The van der Waals surface area contributed by atoms with Crippen LogP contribution >= 0.6 is 23.8 Å². The van der Waals surface area contributed by atoms with Gasteiger partial charge in [0.1, 0.15) is 11.6 Å². The Labute approximate surface area is 153 Å². The van der Waals surface area contributed by atoms with Gasteiger partial charge in [-0.1, -0.05) is 17.7 Å². The van der Waals surface area contributed by atoms with Crippen molar-refractivity contribution in [2.45, 2.75) is 6.54 Å². The van der Waals surface area contributed by atoms with Crippen LogP contribution in [-0.4, -0.2) is 14.9 Å². The largest absolute Gasteiger partial charge is 0.332 e. The molecule has 0 radical (unpaired) electrons. The van der Waals surface area contributed by atoms with Gasteiger partial charge in [0.25, 0.3) is 0 Å². The van der Waals surface area contributed by atoms with Crippen molar-refractivity contribution in [3.05, 3.63) is 76.9 Å². The van der Waals surface area contributed by atoms with Crippen LogP contribution in [0, 0.1) is 11.6 Å². The first-order valence-electron chi connectivity index (χ1n) is 7.31. The van der Waals surface area contributed by atoms with E-state index in [-0.39, 0.29) is 18.2 Å². The number of nitrogens with zero attached hydrogens (tertiary/aromatic N) is 2. The molecule has 0 aliphatic rings. The van der Waals surface area contributed by atoms with E-state index < -0.39 is 0 Å². The van der Waals surface area contributed by atoms with Gasteiger partial charge in [0.15, 0.2) is 10.9 Å². The molecular formula is C17H13ClF2N4S. The fourth-order valence-corrected chi connectivity index (χ4v) is 2.62. The second kappa shape index (κ2) is 7.58. The van der Waals surface area contributed by atoms with Gasteiger partial charge in [-0.2, -0.15) is 5.10 Å². The summed E-state index contributed by atoms with van der Waals surface area (Å²) in [6.07, 6.45) is 1.69. The third-order valence-electron chi connectivity index (χ3n) is 3.37. The zero-order valence-electron chi connectivity index (χ0n) is 12.8. The van der Waals surface area contributed by atoms with Crippen LogP contribution in [-0.2, 0) is 6.54 Å². The first-order chi connectivity index (χ1) is 12.0. The van der Waals surface area contributed by atoms with E-state index >= 15 is 0 Å². The Morgan fingerprint density at radius 3 is 2.56 bits per heavy atom. The first kappa shape index (κ1) is 17.3. The maximum Gasteiger partial charge on any atom is 0.176 e. The summed E-state index contributed by atoms with van der Waals surface area (Å²) in [4.78, 5) is 0. The zero-order chi connectivity index (χ0) is 17.8. The summed E-state index contributed by atoms with van der Waals surface area (Å²) in [6.45, 7) is 0.200. The van der Waals surface area contributed by atoms with Crippen molar-refractivity contribution in [2.75, 3.05) is 10.6 Å². The van der Waals surface area contributed by atoms with Crippen LogP contribution in [0.1, 0.15) is 5.56 Å². The van der Waals surface area contributed by atoms with Gasteiger partial charge in [-0.3, -0.25) is 4.68 Å². The molecule has 0 bridgehead atoms. The fourth-order valence-electron chi connectivity index (χ4n) is 2.17. The molecule has 0 aliphatic heterocycles. The number of rotatable bonds is 4. The number of hydrogen-bond donors (Lipinski definition) is 2. The Balaban J connectivity index is 1.63. The van der Waals surface area contributed by atoms with E-state index in [1.165, 1.54) is 18.2 Å². The second-order valence-corrected chi connectivity index (χ2v) is 6.00. The summed E-state index contributed by atoms with van der Waals surface area (Å²) in [5, 5.41) is 10.8. The highest BCUT2D eigenvalue weighted by molar-refractivity contribution is 7.80. The summed E-state index contributed by atoms with van der Waals surface area (Å²) in [5.41, 5.74) is 1.02. The molecule has 2 aromatic carbocycles. The molecule has 3 aromatic rings. The predicted molar refractivity (Wildman–Crippen MR) is 99.0 cm³/mol. The molecule has 0 saturated heterocycles. The molecule has 8 heteroatoms. The van der Waals surface area contributed by atoms with E-state index in [2.05, 4.69) is 15.7 Å². The van der Waals surface area contributed by atoms with E-state index in [1.807, 2.05) is 0 Å². The van der Waals surface area contributed by atoms with Crippen molar-refractivity contribution in [1.29, 1.82) is 0 Å². The molecule has 1 aromatic heterocycles. The third-order valence-corrected chi connectivity index (χ3v) is 3.92. The van der Waals surface area contributed by atoms with Gasteiger partial charge in [0.2, 0.25) is 0 Å². The normalized spacial score (nSPS) is 10.5. The van der Waals surface area contributed by atoms with Gasteiger partial charge < -0.3 is 10.6 Å². The molecule has 3 rings (SSSR count). The van der Waals surface area contributed by atoms with Gasteiger partial charge >= 0.3 is 0 Å². The van der Waals surface area contributed by atoms with E-state index in [0.29, 0.717) is 27.2 Å². The quantitative estimate of drug-likeness (QED) is 0.647. The topological polar surface area (TPSA) is 41.9 Å². The lowest BCUT2D eigenvalue weighted by Crippen LogP contribution is -2.19. The van der Waals surface area contributed by atoms with Crippen LogP contribution < -0.4 is 10.6 Å². The minimum absolute atomic E-state index is 0.200. The van der Waals surface area contributed by atoms with Crippen molar-refractivity contribution in [3.8, 4) is 0 Å². The Hall–Kier alpha value is -2.51. The van der Waals surface area contributed by atoms with E-state index in [4.69, 9.17) is 23.8 Å². The summed E-state index contributed by atoms with van der Waals surface area (Å²) in [6, 6.07) is 12.0. The number of aromatic nitrogens is 2. The summed E-state index contributed by atoms with van der Waals surface area (Å²) in [7, 11) is 0. The number of hydrogen-bond acceptors (Lipinski definition) is 2. The molecule has 128 valence electrons. The molecule has 0 saturated carbocycles. The van der Waals surface area contributed by atoms with Crippen molar-refractivity contribution in [3.63, 3.8) is 0 Å². The van der Waals surface area contributed by atoms with Crippen LogP contribution in [0.25, 0.3) is 0 Å². The monoisotopic (exact) mass is 378 g/mol. The highest BCUT2D eigenvalue weighted by Gasteiger charge is 2.09. The van der Waals surface area contributed by atoms with Crippen molar-refractivity contribution < 1.29 is 8.78 Å². The predicted octanol–water partition coefficient (Wildman–Crippen LogP) is 4.67. The number of halogens is 3. The summed E-state index contributed by atoms with van der Waals surface area (Å²) < 4.78 is 28.3. The molecule has 0 spiro atoms. The Morgan fingerprint density at radius 1 is 1.08 bits per heavy atom. The van der Waals surface area contributed by atoms with Gasteiger partial charge in [0.05, 0.1) is 6.54 Å². The third kappa shape index (κ3) is 4.52. The molecule has 4 nitrogen and oxygen atoms in total. The molecular weight excluding hydrogens is 366 g/mol. The Morgan fingerprint density at radius 2 is 1.84 bits per heavy atom. The lowest BCUT2D eigenvalue weighted by molar-refractivity contribution is 0.586. The van der Waals surface area contributed by atoms with Crippen LogP contribution in [0.3, 0.4) is 0 Å². The minimum atomic E-state index is -0.383. The second-order valence-electron chi connectivity index (χ2n) is 5.18.